The Balaban J connectivity index is 1.60. The molecule has 3 aromatic rings. The third-order valence-electron chi connectivity index (χ3n) is 5.51. The number of carbonyl (C=O) groups is 1. The smallest absolute Gasteiger partial charge is 0.416 e. The Morgan fingerprint density at radius 2 is 1.82 bits per heavy atom. The number of hydrogen-bond acceptors (Lipinski definition) is 5. The molecule has 1 saturated heterocycles. The van der Waals surface area contributed by atoms with Crippen molar-refractivity contribution in [2.24, 2.45) is 14.1 Å². The fraction of sp³-hybridized carbons (Fsp3) is 0.409. The number of nitrogens with one attached hydrogen (secondary N) is 1. The third kappa shape index (κ3) is 5.36. The van der Waals surface area contributed by atoms with Gasteiger partial charge in [0, 0.05) is 56.9 Å². The molecule has 1 amide bonds. The summed E-state index contributed by atoms with van der Waals surface area (Å²) in [5, 5.41) is 11.0. The first-order chi connectivity index (χ1) is 15.6. The molecular formula is C22H25F3N6O2. The van der Waals surface area contributed by atoms with E-state index in [1.807, 2.05) is 7.05 Å². The highest BCUT2D eigenvalue weighted by atomic mass is 19.4. The Labute approximate surface area is 188 Å². The molecule has 4 rings (SSSR count). The molecule has 1 N–H and O–H groups in total. The van der Waals surface area contributed by atoms with E-state index in [-0.39, 0.29) is 23.1 Å². The van der Waals surface area contributed by atoms with Crippen molar-refractivity contribution in [1.82, 2.24) is 24.5 Å². The number of aryl methyl sites for hydroxylation is 2. The lowest BCUT2D eigenvalue weighted by Crippen LogP contribution is -2.35. The first-order valence-corrected chi connectivity index (χ1v) is 10.5. The van der Waals surface area contributed by atoms with Gasteiger partial charge in [0.25, 0.3) is 5.91 Å². The maximum atomic E-state index is 13.5. The lowest BCUT2D eigenvalue weighted by molar-refractivity contribution is -0.137. The molecule has 176 valence electrons. The number of piperidine rings is 1. The number of nitrogens with zero attached hydrogens (tertiary/aromatic N) is 5. The molecule has 1 aliphatic rings. The maximum absolute atomic E-state index is 13.5. The molecule has 3 heterocycles. The van der Waals surface area contributed by atoms with Crippen LogP contribution in [0.5, 0.6) is 5.75 Å². The van der Waals surface area contributed by atoms with Gasteiger partial charge in [-0.1, -0.05) is 0 Å². The number of ether oxygens (including phenoxy) is 1. The zero-order valence-corrected chi connectivity index (χ0v) is 18.6. The molecule has 1 aliphatic heterocycles. The zero-order chi connectivity index (χ0) is 23.8. The van der Waals surface area contributed by atoms with Gasteiger partial charge in [-0.05, 0) is 32.0 Å². The normalized spacial score (nSPS) is 15.6. The second kappa shape index (κ2) is 8.89. The summed E-state index contributed by atoms with van der Waals surface area (Å²) in [5.41, 5.74) is 0.345. The number of rotatable bonds is 5. The van der Waals surface area contributed by atoms with Crippen LogP contribution in [0.25, 0.3) is 11.3 Å². The number of carbonyl (C=O) groups excluding carboxylic acids is 1. The summed E-state index contributed by atoms with van der Waals surface area (Å²) < 4.78 is 49.5. The van der Waals surface area contributed by atoms with Crippen LogP contribution < -0.4 is 10.1 Å². The highest BCUT2D eigenvalue weighted by molar-refractivity contribution is 6.08. The molecule has 0 spiro atoms. The van der Waals surface area contributed by atoms with Crippen LogP contribution in [-0.2, 0) is 20.3 Å². The van der Waals surface area contributed by atoms with Crippen molar-refractivity contribution in [3.05, 3.63) is 47.9 Å². The van der Waals surface area contributed by atoms with Crippen molar-refractivity contribution in [3.63, 3.8) is 0 Å². The van der Waals surface area contributed by atoms with Crippen molar-refractivity contribution in [3.8, 4) is 17.0 Å². The van der Waals surface area contributed by atoms with Crippen LogP contribution in [0.2, 0.25) is 0 Å². The van der Waals surface area contributed by atoms with Gasteiger partial charge in [-0.25, -0.2) is 0 Å². The fourth-order valence-corrected chi connectivity index (χ4v) is 3.81. The molecular weight excluding hydrogens is 437 g/mol. The van der Waals surface area contributed by atoms with E-state index in [1.165, 1.54) is 16.9 Å². The van der Waals surface area contributed by atoms with E-state index >= 15 is 0 Å². The zero-order valence-electron chi connectivity index (χ0n) is 18.6. The van der Waals surface area contributed by atoms with Gasteiger partial charge >= 0.3 is 6.18 Å². The Morgan fingerprint density at radius 3 is 2.45 bits per heavy atom. The monoisotopic (exact) mass is 462 g/mol. The van der Waals surface area contributed by atoms with Gasteiger partial charge in [0.15, 0.2) is 0 Å². The Kier molecular flexibility index (Phi) is 6.15. The topological polar surface area (TPSA) is 77.2 Å². The van der Waals surface area contributed by atoms with E-state index in [0.717, 1.165) is 38.1 Å². The average molecular weight is 462 g/mol. The number of amides is 1. The number of alkyl halides is 3. The number of benzene rings is 1. The second-order valence-electron chi connectivity index (χ2n) is 8.29. The van der Waals surface area contributed by atoms with Crippen molar-refractivity contribution in [1.29, 1.82) is 0 Å². The van der Waals surface area contributed by atoms with Gasteiger partial charge in [0.05, 0.1) is 17.3 Å². The van der Waals surface area contributed by atoms with Gasteiger partial charge in [-0.3, -0.25) is 14.2 Å². The number of halogens is 3. The lowest BCUT2D eigenvalue weighted by atomic mass is 10.1. The van der Waals surface area contributed by atoms with Gasteiger partial charge < -0.3 is 15.0 Å². The molecule has 0 atom stereocenters. The molecule has 0 bridgehead atoms. The van der Waals surface area contributed by atoms with E-state index in [2.05, 4.69) is 20.4 Å². The number of hydrogen-bond donors (Lipinski definition) is 1. The van der Waals surface area contributed by atoms with E-state index < -0.39 is 17.6 Å². The van der Waals surface area contributed by atoms with Gasteiger partial charge in [0.2, 0.25) is 0 Å². The summed E-state index contributed by atoms with van der Waals surface area (Å²) >= 11 is 0. The Bertz CT molecular complexity index is 1150. The van der Waals surface area contributed by atoms with Gasteiger partial charge in [-0.2, -0.15) is 23.4 Å². The van der Waals surface area contributed by atoms with Crippen LogP contribution in [-0.4, -0.2) is 56.6 Å². The highest BCUT2D eigenvalue weighted by Gasteiger charge is 2.32. The van der Waals surface area contributed by atoms with Crippen molar-refractivity contribution < 1.29 is 22.7 Å². The third-order valence-corrected chi connectivity index (χ3v) is 5.51. The minimum absolute atomic E-state index is 0.00116. The average Bonchev–Trinajstić information content (AvgIpc) is 3.34. The van der Waals surface area contributed by atoms with Crippen LogP contribution in [0.3, 0.4) is 0 Å². The molecule has 0 unspecified atom stereocenters. The summed E-state index contributed by atoms with van der Waals surface area (Å²) in [5.74, 6) is -0.500. The molecule has 0 aliphatic carbocycles. The molecule has 33 heavy (non-hydrogen) atoms. The van der Waals surface area contributed by atoms with E-state index in [4.69, 9.17) is 4.74 Å². The van der Waals surface area contributed by atoms with Gasteiger partial charge in [-0.15, -0.1) is 0 Å². The fourth-order valence-electron chi connectivity index (χ4n) is 3.81. The quantitative estimate of drug-likeness (QED) is 0.628. The van der Waals surface area contributed by atoms with Crippen LogP contribution >= 0.6 is 0 Å². The maximum Gasteiger partial charge on any atom is 0.416 e. The van der Waals surface area contributed by atoms with E-state index in [0.29, 0.717) is 11.3 Å². The first kappa shape index (κ1) is 22.8. The van der Waals surface area contributed by atoms with Crippen molar-refractivity contribution in [2.45, 2.75) is 25.1 Å². The minimum Gasteiger partial charge on any atom is -0.490 e. The van der Waals surface area contributed by atoms with Crippen LogP contribution in [0.4, 0.5) is 18.9 Å². The Morgan fingerprint density at radius 1 is 1.09 bits per heavy atom. The SMILES string of the molecule is CN1CCC(Oc2cc(NC(=O)c3cn(C)nc3-c3cnn(C)c3)cc(C(F)(F)F)c2)CC1. The number of anilines is 1. The largest absolute Gasteiger partial charge is 0.490 e. The van der Waals surface area contributed by atoms with Crippen LogP contribution in [0.1, 0.15) is 28.8 Å². The summed E-state index contributed by atoms with van der Waals surface area (Å²) in [7, 11) is 5.39. The first-order valence-electron chi connectivity index (χ1n) is 10.5. The minimum atomic E-state index is -4.58. The van der Waals surface area contributed by atoms with E-state index in [1.54, 1.807) is 31.2 Å². The number of aromatic nitrogens is 4. The van der Waals surface area contributed by atoms with Gasteiger partial charge in [0.1, 0.15) is 17.5 Å². The molecule has 11 heteroatoms. The van der Waals surface area contributed by atoms with Crippen LogP contribution in [0, 0.1) is 0 Å². The second-order valence-corrected chi connectivity index (χ2v) is 8.29. The van der Waals surface area contributed by atoms with Crippen LogP contribution in [0.15, 0.2) is 36.8 Å². The molecule has 1 fully saturated rings. The summed E-state index contributed by atoms with van der Waals surface area (Å²) in [4.78, 5) is 15.2. The molecule has 1 aromatic carbocycles. The summed E-state index contributed by atoms with van der Waals surface area (Å²) in [6.07, 6.45) is 1.47. The predicted octanol–water partition coefficient (Wildman–Crippen LogP) is 3.56. The molecule has 0 saturated carbocycles. The lowest BCUT2D eigenvalue weighted by Gasteiger charge is -2.29. The molecule has 0 radical (unpaired) electrons. The standard InChI is InChI=1S/C22H25F3N6O2/c1-29-6-4-17(5-7-29)33-18-9-15(22(23,24)25)8-16(10-18)27-21(32)19-13-31(3)28-20(19)14-11-26-30(2)12-14/h8-13,17H,4-7H2,1-3H3,(H,27,32). The summed E-state index contributed by atoms with van der Waals surface area (Å²) in [6, 6.07) is 3.30. The van der Waals surface area contributed by atoms with Crippen molar-refractivity contribution in [2.75, 3.05) is 25.5 Å². The Hall–Kier alpha value is -3.34. The predicted molar refractivity (Wildman–Crippen MR) is 116 cm³/mol. The summed E-state index contributed by atoms with van der Waals surface area (Å²) in [6.45, 7) is 1.62. The highest BCUT2D eigenvalue weighted by Crippen LogP contribution is 2.35. The molecule has 2 aromatic heterocycles. The van der Waals surface area contributed by atoms with Crippen molar-refractivity contribution >= 4 is 11.6 Å². The van der Waals surface area contributed by atoms with E-state index in [9.17, 15) is 18.0 Å². The number of likely N-dealkylation sites (tertiary alicyclic amines) is 1. The molecule has 8 nitrogen and oxygen atoms in total.